The zero-order valence-corrected chi connectivity index (χ0v) is 32.5. The number of allylic oxidation sites excluding steroid dienone is 1. The third kappa shape index (κ3) is 9.64. The fourth-order valence-corrected chi connectivity index (χ4v) is 6.92. The van der Waals surface area contributed by atoms with Crippen LogP contribution in [0.25, 0.3) is 58.0 Å². The third-order valence-electron chi connectivity index (χ3n) is 9.87. The molecule has 1 atom stereocenters. The lowest BCUT2D eigenvalue weighted by Gasteiger charge is -2.22. The maximum absolute atomic E-state index is 9.62. The van der Waals surface area contributed by atoms with Crippen molar-refractivity contribution in [3.05, 3.63) is 161 Å². The molecule has 4 nitrogen and oxygen atoms in total. The van der Waals surface area contributed by atoms with Crippen molar-refractivity contribution in [1.82, 2.24) is 0 Å². The van der Waals surface area contributed by atoms with Gasteiger partial charge in [-0.3, -0.25) is 0 Å². The highest BCUT2D eigenvalue weighted by molar-refractivity contribution is 6.07. The first-order valence-corrected chi connectivity index (χ1v) is 19.4. The summed E-state index contributed by atoms with van der Waals surface area (Å²) in [5.74, 6) is 2.52. The summed E-state index contributed by atoms with van der Waals surface area (Å²) in [5, 5.41) is 14.2. The Morgan fingerprint density at radius 3 is 1.93 bits per heavy atom. The monoisotopic (exact) mass is 728 g/mol. The van der Waals surface area contributed by atoms with Crippen LogP contribution in [0.1, 0.15) is 79.0 Å². The molecule has 6 aromatic rings. The summed E-state index contributed by atoms with van der Waals surface area (Å²) >= 11 is 0. The molecule has 280 valence electrons. The fraction of sp³-hybridized carbons (Fsp3) is 0.216. The van der Waals surface area contributed by atoms with Gasteiger partial charge in [0.15, 0.2) is 0 Å². The van der Waals surface area contributed by atoms with E-state index in [2.05, 4.69) is 118 Å². The van der Waals surface area contributed by atoms with E-state index in [9.17, 15) is 5.11 Å². The van der Waals surface area contributed by atoms with E-state index < -0.39 is 0 Å². The minimum Gasteiger partial charge on any atom is -0.507 e. The van der Waals surface area contributed by atoms with Crippen LogP contribution in [0, 0.1) is 5.92 Å². The Balaban J connectivity index is 0.000000129. The van der Waals surface area contributed by atoms with E-state index >= 15 is 0 Å². The highest BCUT2D eigenvalue weighted by atomic mass is 16.7. The van der Waals surface area contributed by atoms with Gasteiger partial charge in [0.1, 0.15) is 17.2 Å². The van der Waals surface area contributed by atoms with Crippen LogP contribution >= 0.6 is 0 Å². The molecule has 0 radical (unpaired) electrons. The van der Waals surface area contributed by atoms with Crippen molar-refractivity contribution in [2.75, 3.05) is 13.7 Å². The van der Waals surface area contributed by atoms with E-state index in [1.54, 1.807) is 13.2 Å². The van der Waals surface area contributed by atoms with Gasteiger partial charge in [-0.2, -0.15) is 0 Å². The molecule has 6 aromatic carbocycles. The molecule has 0 saturated heterocycles. The summed E-state index contributed by atoms with van der Waals surface area (Å²) < 4.78 is 17.0. The molecule has 3 aliphatic carbocycles. The van der Waals surface area contributed by atoms with E-state index in [4.69, 9.17) is 14.2 Å². The number of aromatic hydroxyl groups is 1. The summed E-state index contributed by atoms with van der Waals surface area (Å²) in [5.41, 5.74) is 8.89. The van der Waals surface area contributed by atoms with Crippen molar-refractivity contribution in [3.8, 4) is 17.2 Å². The van der Waals surface area contributed by atoms with Gasteiger partial charge in [-0.1, -0.05) is 168 Å². The molecule has 0 aliphatic heterocycles. The lowest BCUT2D eigenvalue weighted by atomic mass is 10.0. The number of fused-ring (bicyclic) bond motifs is 1. The Bertz CT molecular complexity index is 2280. The number of unbranched alkanes of at least 4 members (excludes halogenated alkanes) is 2. The second-order valence-corrected chi connectivity index (χ2v) is 14.1. The molecule has 4 heteroatoms. The van der Waals surface area contributed by atoms with Gasteiger partial charge in [0.2, 0.25) is 6.29 Å². The van der Waals surface area contributed by atoms with Crippen LogP contribution in [0.4, 0.5) is 0 Å². The largest absolute Gasteiger partial charge is 0.507 e. The fourth-order valence-electron chi connectivity index (χ4n) is 6.92. The minimum atomic E-state index is -0.216. The van der Waals surface area contributed by atoms with Crippen LogP contribution in [-0.4, -0.2) is 25.1 Å². The highest BCUT2D eigenvalue weighted by Crippen LogP contribution is 2.38. The molecule has 55 heavy (non-hydrogen) atoms. The molecule has 0 saturated carbocycles. The second kappa shape index (κ2) is 19.0. The average molecular weight is 729 g/mol. The maximum Gasteiger partial charge on any atom is 0.201 e. The first-order chi connectivity index (χ1) is 26.9. The standard InChI is InChI=1S/C17H18O2.C13H18O.C12H8O.C9H8/c1-11(2)17(18-3)19-15-10-9-13-8-7-12-5-4-6-14(15)16(12)13;1-3-5-6-11-14-13-9-7-12(4-2)8-10-13;13-11-7-6-9-5-4-8-2-1-3-10(11)12(8)9;1-2-5-9-7-3-6-8(9)4-1/h4-11,17H,1-3H3;4,7-10H,2-3,5-6,11H2,1H3;1-7,13H;1-6H,7H2. The highest BCUT2D eigenvalue weighted by Gasteiger charge is 2.18. The van der Waals surface area contributed by atoms with Gasteiger partial charge in [-0.25, -0.2) is 0 Å². The van der Waals surface area contributed by atoms with Crippen LogP contribution in [-0.2, 0) is 11.2 Å². The van der Waals surface area contributed by atoms with Crippen molar-refractivity contribution in [3.63, 3.8) is 0 Å². The Labute approximate surface area is 326 Å². The smallest absolute Gasteiger partial charge is 0.201 e. The number of methoxy groups -OCH3 is 1. The molecule has 1 unspecified atom stereocenters. The van der Waals surface area contributed by atoms with Crippen LogP contribution in [0.2, 0.25) is 0 Å². The predicted molar refractivity (Wildman–Crippen MR) is 234 cm³/mol. The number of hydrogen-bond donors (Lipinski definition) is 1. The molecule has 0 bridgehead atoms. The van der Waals surface area contributed by atoms with Gasteiger partial charge < -0.3 is 19.3 Å². The van der Waals surface area contributed by atoms with E-state index in [1.807, 2.05) is 54.6 Å². The van der Waals surface area contributed by atoms with Gasteiger partial charge in [0.05, 0.1) is 6.61 Å². The SMILES string of the molecule is C1=Cc2ccccc2C1.C=Cc1ccc(OCCCCC)cc1.COC(Oc1ccc2c3c(cccc13)C=C2)C(C)C.Oc1ccc2c3c(cccc13)C=C2. The Kier molecular flexibility index (Phi) is 13.4. The number of phenols is 1. The quantitative estimate of drug-likeness (QED) is 0.112. The molecule has 1 N–H and O–H groups in total. The van der Waals surface area contributed by atoms with Gasteiger partial charge in [0, 0.05) is 23.8 Å². The van der Waals surface area contributed by atoms with Crippen molar-refractivity contribution < 1.29 is 19.3 Å². The molecular weight excluding hydrogens is 677 g/mol. The summed E-state index contributed by atoms with van der Waals surface area (Å²) in [6.07, 6.45) is 19.2. The topological polar surface area (TPSA) is 47.9 Å². The number of benzene rings is 6. The summed E-state index contributed by atoms with van der Waals surface area (Å²) in [6.45, 7) is 10.9. The van der Waals surface area contributed by atoms with Gasteiger partial charge >= 0.3 is 0 Å². The zero-order chi connectivity index (χ0) is 38.6. The van der Waals surface area contributed by atoms with Crippen LogP contribution in [0.15, 0.2) is 122 Å². The first-order valence-electron chi connectivity index (χ1n) is 19.4. The minimum absolute atomic E-state index is 0.216. The van der Waals surface area contributed by atoms with E-state index in [1.165, 1.54) is 57.0 Å². The van der Waals surface area contributed by atoms with E-state index in [0.29, 0.717) is 11.7 Å². The molecule has 0 aromatic heterocycles. The maximum atomic E-state index is 9.62. The molecule has 0 heterocycles. The first kappa shape index (κ1) is 38.9. The second-order valence-electron chi connectivity index (χ2n) is 14.1. The van der Waals surface area contributed by atoms with Crippen molar-refractivity contribution in [1.29, 1.82) is 0 Å². The van der Waals surface area contributed by atoms with Gasteiger partial charge in [-0.15, -0.1) is 0 Å². The van der Waals surface area contributed by atoms with Gasteiger partial charge in [-0.05, 0) is 86.8 Å². The van der Waals surface area contributed by atoms with Crippen molar-refractivity contribution >= 4 is 58.0 Å². The van der Waals surface area contributed by atoms with Gasteiger partial charge in [0.25, 0.3) is 0 Å². The average Bonchev–Trinajstić information content (AvgIpc) is 3.99. The Morgan fingerprint density at radius 2 is 1.29 bits per heavy atom. The number of phenolic OH excluding ortho intramolecular Hbond substituents is 1. The predicted octanol–water partition coefficient (Wildman–Crippen LogP) is 13.5. The van der Waals surface area contributed by atoms with Crippen molar-refractivity contribution in [2.45, 2.75) is 52.7 Å². The Hall–Kier alpha value is -5.84. The molecular formula is C51H52O4. The number of ether oxygens (including phenoxy) is 3. The summed E-state index contributed by atoms with van der Waals surface area (Å²) in [7, 11) is 1.69. The lowest BCUT2D eigenvalue weighted by molar-refractivity contribution is -0.0825. The third-order valence-corrected chi connectivity index (χ3v) is 9.87. The van der Waals surface area contributed by atoms with Crippen LogP contribution < -0.4 is 9.47 Å². The van der Waals surface area contributed by atoms with E-state index in [-0.39, 0.29) is 6.29 Å². The van der Waals surface area contributed by atoms with Crippen molar-refractivity contribution in [2.24, 2.45) is 5.92 Å². The van der Waals surface area contributed by atoms with Crippen LogP contribution in [0.3, 0.4) is 0 Å². The number of rotatable bonds is 10. The van der Waals surface area contributed by atoms with E-state index in [0.717, 1.165) is 47.3 Å². The summed E-state index contributed by atoms with van der Waals surface area (Å²) in [4.78, 5) is 0. The number of hydrogen-bond acceptors (Lipinski definition) is 4. The molecule has 0 amide bonds. The molecule has 0 fully saturated rings. The molecule has 0 spiro atoms. The lowest BCUT2D eigenvalue weighted by Crippen LogP contribution is -2.25. The van der Waals surface area contributed by atoms with Crippen LogP contribution in [0.5, 0.6) is 17.2 Å². The molecule has 3 aliphatic rings. The Morgan fingerprint density at radius 1 is 0.673 bits per heavy atom. The summed E-state index contributed by atoms with van der Waals surface area (Å²) in [6, 6.07) is 36.6. The zero-order valence-electron chi connectivity index (χ0n) is 32.5. The normalized spacial score (nSPS) is 12.7. The molecule has 9 rings (SSSR count).